The van der Waals surface area contributed by atoms with E-state index in [1.165, 1.54) is 14.2 Å². The van der Waals surface area contributed by atoms with Crippen LogP contribution in [-0.4, -0.2) is 25.2 Å². The van der Waals surface area contributed by atoms with Gasteiger partial charge >= 0.3 is 5.97 Å². The zero-order chi connectivity index (χ0) is 14.7. The Hall–Kier alpha value is -1.18. The van der Waals surface area contributed by atoms with Crippen LogP contribution in [0, 0.1) is 0 Å². The van der Waals surface area contributed by atoms with E-state index in [2.05, 4.69) is 41.6 Å². The highest BCUT2D eigenvalue weighted by Crippen LogP contribution is 2.29. The minimum Gasteiger partial charge on any atom is -0.463 e. The third-order valence-corrected chi connectivity index (χ3v) is 3.37. The molecule has 20 heavy (non-hydrogen) atoms. The molecule has 0 N–H and O–H groups in total. The van der Waals surface area contributed by atoms with Gasteiger partial charge in [-0.1, -0.05) is 31.9 Å². The van der Waals surface area contributed by atoms with Gasteiger partial charge < -0.3 is 13.9 Å². The van der Waals surface area contributed by atoms with Gasteiger partial charge in [0.15, 0.2) is 0 Å². The Labute approximate surface area is 132 Å². The van der Waals surface area contributed by atoms with Crippen molar-refractivity contribution in [3.8, 4) is 11.5 Å². The molecule has 0 saturated carbocycles. The van der Waals surface area contributed by atoms with Crippen molar-refractivity contribution in [2.24, 2.45) is 0 Å². The maximum absolute atomic E-state index is 11.7. The van der Waals surface area contributed by atoms with Gasteiger partial charge in [-0.05, 0) is 18.2 Å². The Morgan fingerprint density at radius 2 is 1.90 bits per heavy atom. The number of ether oxygens (including phenoxy) is 2. The van der Waals surface area contributed by atoms with Crippen LogP contribution in [-0.2, 0) is 16.1 Å². The molecule has 0 spiro atoms. The average Bonchev–Trinajstić information content (AvgIpc) is 2.81. The van der Waals surface area contributed by atoms with Crippen molar-refractivity contribution in [1.29, 1.82) is 0 Å². The first-order valence-corrected chi connectivity index (χ1v) is 7.17. The third-order valence-electron chi connectivity index (χ3n) is 2.46. The summed E-state index contributed by atoms with van der Waals surface area (Å²) in [6.07, 6.45) is 0. The molecule has 0 radical (unpaired) electrons. The van der Waals surface area contributed by atoms with Crippen LogP contribution in [0.4, 0.5) is 0 Å². The first-order chi connectivity index (χ1) is 9.55. The second-order valence-corrected chi connectivity index (χ2v) is 5.71. The number of esters is 1. The molecule has 0 aliphatic rings. The summed E-state index contributed by atoms with van der Waals surface area (Å²) in [5.74, 6) is -0.190. The Morgan fingerprint density at radius 1 is 1.25 bits per heavy atom. The molecule has 1 aromatic carbocycles. The van der Waals surface area contributed by atoms with Gasteiger partial charge in [0.25, 0.3) is 0 Å². The van der Waals surface area contributed by atoms with Crippen molar-refractivity contribution in [3.63, 3.8) is 0 Å². The van der Waals surface area contributed by atoms with E-state index in [1.54, 1.807) is 0 Å². The fraction of sp³-hybridized carbons (Fsp3) is 0.231. The van der Waals surface area contributed by atoms with Gasteiger partial charge in [-0.3, -0.25) is 0 Å². The molecule has 2 aromatic rings. The summed E-state index contributed by atoms with van der Waals surface area (Å²) >= 11 is 6.79. The first-order valence-electron chi connectivity index (χ1n) is 5.58. The van der Waals surface area contributed by atoms with Gasteiger partial charge in [-0.25, -0.2) is 9.78 Å². The smallest absolute Gasteiger partial charge is 0.376 e. The van der Waals surface area contributed by atoms with E-state index in [9.17, 15) is 4.79 Å². The second kappa shape index (κ2) is 6.51. The first kappa shape index (κ1) is 15.2. The summed E-state index contributed by atoms with van der Waals surface area (Å²) in [7, 11) is 2.81. The van der Waals surface area contributed by atoms with E-state index < -0.39 is 5.97 Å². The lowest BCUT2D eigenvalue weighted by molar-refractivity contribution is 0.0559. The maximum atomic E-state index is 11.7. The summed E-state index contributed by atoms with van der Waals surface area (Å²) in [5.41, 5.74) is 1.14. The number of hydrogen-bond donors (Lipinski definition) is 0. The number of hydrogen-bond acceptors (Lipinski definition) is 5. The van der Waals surface area contributed by atoms with Gasteiger partial charge in [0.05, 0.1) is 13.7 Å². The SMILES string of the molecule is COCc1nc(-c2cc(Br)cc(Br)c2)oc1C(=O)OC. The molecule has 2 rings (SSSR count). The molecule has 0 amide bonds. The van der Waals surface area contributed by atoms with Gasteiger partial charge in [0.2, 0.25) is 11.7 Å². The highest BCUT2D eigenvalue weighted by molar-refractivity contribution is 9.11. The third kappa shape index (κ3) is 3.28. The molecule has 0 aliphatic heterocycles. The van der Waals surface area contributed by atoms with Crippen LogP contribution >= 0.6 is 31.9 Å². The molecule has 0 atom stereocenters. The van der Waals surface area contributed by atoms with Crippen LogP contribution in [0.2, 0.25) is 0 Å². The molecule has 0 bridgehead atoms. The summed E-state index contributed by atoms with van der Waals surface area (Å²) in [6.45, 7) is 0.170. The molecule has 0 aliphatic carbocycles. The molecule has 7 heteroatoms. The van der Waals surface area contributed by atoms with Crippen LogP contribution in [0.5, 0.6) is 0 Å². The van der Waals surface area contributed by atoms with Crippen molar-refractivity contribution in [3.05, 3.63) is 38.6 Å². The minimum atomic E-state index is -0.579. The van der Waals surface area contributed by atoms with E-state index in [1.807, 2.05) is 18.2 Å². The van der Waals surface area contributed by atoms with E-state index in [0.29, 0.717) is 11.6 Å². The summed E-state index contributed by atoms with van der Waals surface area (Å²) in [5, 5.41) is 0. The van der Waals surface area contributed by atoms with Crippen LogP contribution in [0.15, 0.2) is 31.6 Å². The van der Waals surface area contributed by atoms with Crippen LogP contribution in [0.25, 0.3) is 11.5 Å². The Balaban J connectivity index is 2.49. The summed E-state index contributed by atoms with van der Waals surface area (Å²) < 4.78 is 16.9. The van der Waals surface area contributed by atoms with E-state index >= 15 is 0 Å². The van der Waals surface area contributed by atoms with E-state index in [4.69, 9.17) is 9.15 Å². The Bertz CT molecular complexity index is 619. The highest BCUT2D eigenvalue weighted by atomic mass is 79.9. The molecule has 0 unspecified atom stereocenters. The zero-order valence-electron chi connectivity index (χ0n) is 10.8. The zero-order valence-corrected chi connectivity index (χ0v) is 13.9. The van der Waals surface area contributed by atoms with Crippen LogP contribution in [0.1, 0.15) is 16.2 Å². The Morgan fingerprint density at radius 3 is 2.45 bits per heavy atom. The summed E-state index contributed by atoms with van der Waals surface area (Å²) in [4.78, 5) is 15.9. The largest absolute Gasteiger partial charge is 0.463 e. The number of rotatable bonds is 4. The number of carbonyl (C=O) groups excluding carboxylic acids is 1. The van der Waals surface area contributed by atoms with Crippen LogP contribution < -0.4 is 0 Å². The minimum absolute atomic E-state index is 0.0560. The molecule has 1 heterocycles. The molecule has 106 valence electrons. The second-order valence-electron chi connectivity index (χ2n) is 3.88. The fourth-order valence-corrected chi connectivity index (χ4v) is 2.93. The average molecular weight is 405 g/mol. The van der Waals surface area contributed by atoms with E-state index in [0.717, 1.165) is 14.5 Å². The number of carbonyl (C=O) groups is 1. The standard InChI is InChI=1S/C13H11Br2NO4/c1-18-6-10-11(13(17)19-2)20-12(16-10)7-3-8(14)5-9(15)4-7/h3-5H,6H2,1-2H3. The number of oxazole rings is 1. The van der Waals surface area contributed by atoms with Gasteiger partial charge in [0.1, 0.15) is 5.69 Å². The molecule has 0 saturated heterocycles. The van der Waals surface area contributed by atoms with Gasteiger partial charge in [-0.15, -0.1) is 0 Å². The van der Waals surface area contributed by atoms with Crippen molar-refractivity contribution >= 4 is 37.8 Å². The molecule has 0 fully saturated rings. The molecular weight excluding hydrogens is 394 g/mol. The number of aromatic nitrogens is 1. The number of methoxy groups -OCH3 is 2. The topological polar surface area (TPSA) is 61.6 Å². The van der Waals surface area contributed by atoms with Crippen molar-refractivity contribution < 1.29 is 18.7 Å². The van der Waals surface area contributed by atoms with Gasteiger partial charge in [-0.2, -0.15) is 0 Å². The molecular formula is C13H11Br2NO4. The van der Waals surface area contributed by atoms with Crippen molar-refractivity contribution in [2.45, 2.75) is 6.61 Å². The fourth-order valence-electron chi connectivity index (χ4n) is 1.64. The van der Waals surface area contributed by atoms with E-state index in [-0.39, 0.29) is 12.4 Å². The number of benzene rings is 1. The number of nitrogens with zero attached hydrogens (tertiary/aromatic N) is 1. The van der Waals surface area contributed by atoms with Gasteiger partial charge in [0, 0.05) is 21.6 Å². The normalized spacial score (nSPS) is 10.6. The Kier molecular flexibility index (Phi) is 4.95. The highest BCUT2D eigenvalue weighted by Gasteiger charge is 2.21. The monoisotopic (exact) mass is 403 g/mol. The lowest BCUT2D eigenvalue weighted by Gasteiger charge is -1.98. The van der Waals surface area contributed by atoms with Crippen molar-refractivity contribution in [1.82, 2.24) is 4.98 Å². The predicted molar refractivity (Wildman–Crippen MR) is 79.4 cm³/mol. The quantitative estimate of drug-likeness (QED) is 0.725. The maximum Gasteiger partial charge on any atom is 0.376 e. The lowest BCUT2D eigenvalue weighted by atomic mass is 10.2. The molecule has 1 aromatic heterocycles. The number of halogens is 2. The van der Waals surface area contributed by atoms with Crippen LogP contribution in [0.3, 0.4) is 0 Å². The van der Waals surface area contributed by atoms with Crippen molar-refractivity contribution in [2.75, 3.05) is 14.2 Å². The predicted octanol–water partition coefficient (Wildman–Crippen LogP) is 3.80. The summed E-state index contributed by atoms with van der Waals surface area (Å²) in [6, 6.07) is 5.58. The molecule has 5 nitrogen and oxygen atoms in total. The lowest BCUT2D eigenvalue weighted by Crippen LogP contribution is -2.04.